The van der Waals surface area contributed by atoms with Gasteiger partial charge in [-0.2, -0.15) is 0 Å². The maximum atomic E-state index is 12.2. The van der Waals surface area contributed by atoms with Gasteiger partial charge in [0.05, 0.1) is 11.6 Å². The van der Waals surface area contributed by atoms with Gasteiger partial charge >= 0.3 is 0 Å². The largest absolute Gasteiger partial charge is 0.496 e. The predicted molar refractivity (Wildman–Crippen MR) is 87.9 cm³/mol. The van der Waals surface area contributed by atoms with Gasteiger partial charge in [0.25, 0.3) is 5.91 Å². The van der Waals surface area contributed by atoms with Crippen LogP contribution in [0.15, 0.2) is 53.0 Å². The van der Waals surface area contributed by atoms with Crippen molar-refractivity contribution in [2.45, 2.75) is 12.8 Å². The highest BCUT2D eigenvalue weighted by Gasteiger charge is 2.11. The molecule has 1 amide bonds. The molecule has 0 aromatic heterocycles. The minimum Gasteiger partial charge on any atom is -0.496 e. The second-order valence-electron chi connectivity index (χ2n) is 4.87. The summed E-state index contributed by atoms with van der Waals surface area (Å²) >= 11 is 3.39. The average molecular weight is 348 g/mol. The fourth-order valence-electron chi connectivity index (χ4n) is 2.05. The molecule has 110 valence electrons. The summed E-state index contributed by atoms with van der Waals surface area (Å²) in [6.07, 6.45) is 0. The van der Waals surface area contributed by atoms with Crippen LogP contribution < -0.4 is 10.1 Å². The first-order valence-electron chi connectivity index (χ1n) is 6.78. The normalized spacial score (nSPS) is 11.8. The molecule has 1 atom stereocenters. The minimum atomic E-state index is -0.0823. The lowest BCUT2D eigenvalue weighted by Gasteiger charge is -2.13. The fraction of sp³-hybridized carbons (Fsp3) is 0.235. The first-order chi connectivity index (χ1) is 10.1. The quantitative estimate of drug-likeness (QED) is 0.887. The number of carbonyl (C=O) groups excluding carboxylic acids is 1. The Bertz CT molecular complexity index is 613. The van der Waals surface area contributed by atoms with E-state index in [0.717, 1.165) is 4.47 Å². The Kier molecular flexibility index (Phi) is 5.39. The Morgan fingerprint density at radius 1 is 1.24 bits per heavy atom. The average Bonchev–Trinajstić information content (AvgIpc) is 2.53. The molecule has 2 aromatic rings. The van der Waals surface area contributed by atoms with Crippen molar-refractivity contribution >= 4 is 21.8 Å². The number of methoxy groups -OCH3 is 1. The fourth-order valence-corrected chi connectivity index (χ4v) is 2.60. The van der Waals surface area contributed by atoms with Crippen molar-refractivity contribution in [2.75, 3.05) is 13.7 Å². The molecule has 0 bridgehead atoms. The summed E-state index contributed by atoms with van der Waals surface area (Å²) < 4.78 is 5.93. The summed E-state index contributed by atoms with van der Waals surface area (Å²) in [5, 5.41) is 2.96. The SMILES string of the molecule is COc1ccc(C(=O)NCC(C)c2ccccc2)cc1Br. The number of carbonyl (C=O) groups is 1. The molecule has 4 heteroatoms. The molecule has 21 heavy (non-hydrogen) atoms. The van der Waals surface area contributed by atoms with Crippen LogP contribution in [0.2, 0.25) is 0 Å². The van der Waals surface area contributed by atoms with Gasteiger partial charge in [0.1, 0.15) is 5.75 Å². The van der Waals surface area contributed by atoms with E-state index in [2.05, 4.69) is 40.3 Å². The highest BCUT2D eigenvalue weighted by atomic mass is 79.9. The van der Waals surface area contributed by atoms with Gasteiger partial charge in [0, 0.05) is 12.1 Å². The van der Waals surface area contributed by atoms with Crippen molar-refractivity contribution in [3.8, 4) is 5.75 Å². The number of benzene rings is 2. The molecule has 0 aliphatic rings. The zero-order valence-corrected chi connectivity index (χ0v) is 13.7. The zero-order valence-electron chi connectivity index (χ0n) is 12.1. The van der Waals surface area contributed by atoms with Crippen LogP contribution in [0.4, 0.5) is 0 Å². The summed E-state index contributed by atoms with van der Waals surface area (Å²) in [5.41, 5.74) is 1.83. The van der Waals surface area contributed by atoms with Crippen molar-refractivity contribution < 1.29 is 9.53 Å². The number of hydrogen-bond acceptors (Lipinski definition) is 2. The maximum absolute atomic E-state index is 12.2. The first kappa shape index (κ1) is 15.6. The zero-order chi connectivity index (χ0) is 15.2. The first-order valence-corrected chi connectivity index (χ1v) is 7.58. The topological polar surface area (TPSA) is 38.3 Å². The summed E-state index contributed by atoms with van der Waals surface area (Å²) in [6.45, 7) is 2.70. The molecule has 1 N–H and O–H groups in total. The van der Waals surface area contributed by atoms with Gasteiger partial charge in [-0.05, 0) is 45.6 Å². The Balaban J connectivity index is 1.97. The molecule has 0 saturated heterocycles. The molecule has 1 unspecified atom stereocenters. The van der Waals surface area contributed by atoms with E-state index in [9.17, 15) is 4.79 Å². The van der Waals surface area contributed by atoms with Crippen LogP contribution in [-0.2, 0) is 0 Å². The van der Waals surface area contributed by atoms with Crippen molar-refractivity contribution in [3.05, 3.63) is 64.1 Å². The van der Waals surface area contributed by atoms with Gasteiger partial charge in [-0.15, -0.1) is 0 Å². The molecule has 0 aliphatic carbocycles. The van der Waals surface area contributed by atoms with Crippen LogP contribution in [0.25, 0.3) is 0 Å². The smallest absolute Gasteiger partial charge is 0.251 e. The standard InChI is InChI=1S/C17H18BrNO2/c1-12(13-6-4-3-5-7-13)11-19-17(20)14-8-9-16(21-2)15(18)10-14/h3-10,12H,11H2,1-2H3,(H,19,20). The molecule has 2 aromatic carbocycles. The number of rotatable bonds is 5. The van der Waals surface area contributed by atoms with E-state index >= 15 is 0 Å². The van der Waals surface area contributed by atoms with Gasteiger partial charge in [-0.25, -0.2) is 0 Å². The second kappa shape index (κ2) is 7.27. The molecule has 0 aliphatic heterocycles. The molecule has 0 fully saturated rings. The summed E-state index contributed by atoms with van der Waals surface area (Å²) in [6, 6.07) is 15.4. The van der Waals surface area contributed by atoms with Gasteiger partial charge < -0.3 is 10.1 Å². The summed E-state index contributed by atoms with van der Waals surface area (Å²) in [4.78, 5) is 12.2. The molecule has 2 rings (SSSR count). The van der Waals surface area contributed by atoms with Crippen LogP contribution in [-0.4, -0.2) is 19.6 Å². The Hall–Kier alpha value is -1.81. The predicted octanol–water partition coefficient (Wildman–Crippen LogP) is 3.99. The number of nitrogens with one attached hydrogen (secondary N) is 1. The van der Waals surface area contributed by atoms with Crippen LogP contribution in [0.3, 0.4) is 0 Å². The molecule has 0 spiro atoms. The van der Waals surface area contributed by atoms with Crippen LogP contribution in [0.5, 0.6) is 5.75 Å². The third-order valence-electron chi connectivity index (χ3n) is 3.35. The third kappa shape index (κ3) is 4.08. The van der Waals surface area contributed by atoms with Crippen LogP contribution >= 0.6 is 15.9 Å². The lowest BCUT2D eigenvalue weighted by atomic mass is 10.0. The maximum Gasteiger partial charge on any atom is 0.251 e. The lowest BCUT2D eigenvalue weighted by molar-refractivity contribution is 0.0951. The van der Waals surface area contributed by atoms with Gasteiger partial charge in [-0.1, -0.05) is 37.3 Å². The number of halogens is 1. The second-order valence-corrected chi connectivity index (χ2v) is 5.73. The van der Waals surface area contributed by atoms with E-state index in [1.807, 2.05) is 18.2 Å². The molecule has 3 nitrogen and oxygen atoms in total. The van der Waals surface area contributed by atoms with E-state index in [-0.39, 0.29) is 11.8 Å². The van der Waals surface area contributed by atoms with E-state index in [1.165, 1.54) is 5.56 Å². The molecule has 0 radical (unpaired) electrons. The van der Waals surface area contributed by atoms with Crippen molar-refractivity contribution in [1.29, 1.82) is 0 Å². The van der Waals surface area contributed by atoms with E-state index in [0.29, 0.717) is 17.9 Å². The van der Waals surface area contributed by atoms with Gasteiger partial charge in [0.15, 0.2) is 0 Å². The van der Waals surface area contributed by atoms with Gasteiger partial charge in [0.2, 0.25) is 0 Å². The van der Waals surface area contributed by atoms with E-state index < -0.39 is 0 Å². The number of amides is 1. The molecular formula is C17H18BrNO2. The molecule has 0 saturated carbocycles. The third-order valence-corrected chi connectivity index (χ3v) is 3.97. The number of hydrogen-bond donors (Lipinski definition) is 1. The van der Waals surface area contributed by atoms with Crippen molar-refractivity contribution in [1.82, 2.24) is 5.32 Å². The Morgan fingerprint density at radius 3 is 2.57 bits per heavy atom. The van der Waals surface area contributed by atoms with E-state index in [1.54, 1.807) is 25.3 Å². The minimum absolute atomic E-state index is 0.0823. The monoisotopic (exact) mass is 347 g/mol. The highest BCUT2D eigenvalue weighted by molar-refractivity contribution is 9.10. The van der Waals surface area contributed by atoms with E-state index in [4.69, 9.17) is 4.74 Å². The van der Waals surface area contributed by atoms with Crippen LogP contribution in [0, 0.1) is 0 Å². The number of ether oxygens (including phenoxy) is 1. The summed E-state index contributed by atoms with van der Waals surface area (Å²) in [5.74, 6) is 0.905. The van der Waals surface area contributed by atoms with Crippen molar-refractivity contribution in [3.63, 3.8) is 0 Å². The summed E-state index contributed by atoms with van der Waals surface area (Å²) in [7, 11) is 1.60. The van der Waals surface area contributed by atoms with Gasteiger partial charge in [-0.3, -0.25) is 4.79 Å². The van der Waals surface area contributed by atoms with Crippen LogP contribution in [0.1, 0.15) is 28.8 Å². The van der Waals surface area contributed by atoms with Crippen molar-refractivity contribution in [2.24, 2.45) is 0 Å². The molecular weight excluding hydrogens is 330 g/mol. The highest BCUT2D eigenvalue weighted by Crippen LogP contribution is 2.25. The Morgan fingerprint density at radius 2 is 1.95 bits per heavy atom. The Labute approximate surface area is 133 Å². The lowest BCUT2D eigenvalue weighted by Crippen LogP contribution is -2.27. The molecule has 0 heterocycles.